The van der Waals surface area contributed by atoms with E-state index in [4.69, 9.17) is 5.73 Å². The molecule has 0 aliphatic rings. The summed E-state index contributed by atoms with van der Waals surface area (Å²) in [6, 6.07) is 10.3. The molecule has 1 heterocycles. The lowest BCUT2D eigenvalue weighted by Crippen LogP contribution is -2.31. The van der Waals surface area contributed by atoms with Gasteiger partial charge in [0.05, 0.1) is 11.4 Å². The zero-order valence-corrected chi connectivity index (χ0v) is 12.0. The van der Waals surface area contributed by atoms with Crippen LogP contribution in [0.25, 0.3) is 0 Å². The molecule has 0 saturated heterocycles. The fourth-order valence-electron chi connectivity index (χ4n) is 2.02. The smallest absolute Gasteiger partial charge is 0.239 e. The second-order valence-electron chi connectivity index (χ2n) is 4.37. The molecule has 0 aliphatic carbocycles. The molecule has 0 atom stereocenters. The molecule has 0 saturated carbocycles. The number of benzene rings is 1. The summed E-state index contributed by atoms with van der Waals surface area (Å²) in [5.74, 6) is -0.0752. The quantitative estimate of drug-likeness (QED) is 0.855. The van der Waals surface area contributed by atoms with Crippen LogP contribution in [0.2, 0.25) is 0 Å². The van der Waals surface area contributed by atoms with Crippen LogP contribution in [0.15, 0.2) is 48.8 Å². The Morgan fingerprint density at radius 1 is 1.20 bits per heavy atom. The highest BCUT2D eigenvalue weighted by Crippen LogP contribution is 2.20. The molecule has 0 spiro atoms. The Bertz CT molecular complexity index is 672. The number of anilines is 2. The first kappa shape index (κ1) is 14.3. The van der Waals surface area contributed by atoms with Crippen molar-refractivity contribution in [2.75, 3.05) is 16.6 Å². The number of nitrogen functional groups attached to an aromatic ring is 1. The van der Waals surface area contributed by atoms with Gasteiger partial charge >= 0.3 is 0 Å². The highest BCUT2D eigenvalue weighted by Gasteiger charge is 2.21. The van der Waals surface area contributed by atoms with E-state index in [0.717, 1.165) is 0 Å². The molecule has 0 unspecified atom stereocenters. The molecular weight excluding hydrogens is 274 g/mol. The summed E-state index contributed by atoms with van der Waals surface area (Å²) < 4.78 is 26.4. The highest BCUT2D eigenvalue weighted by molar-refractivity contribution is 7.92. The standard InChI is InChI=1S/C14H17N3O2S/c1-2-17(14-6-8-16-9-7-14)20(18,19)11-12-4-3-5-13(15)10-12/h3-10H,2,11,15H2,1H3. The average Bonchev–Trinajstić information content (AvgIpc) is 2.39. The molecule has 2 N–H and O–H groups in total. The van der Waals surface area contributed by atoms with Crippen molar-refractivity contribution in [2.24, 2.45) is 0 Å². The Morgan fingerprint density at radius 3 is 2.50 bits per heavy atom. The van der Waals surface area contributed by atoms with E-state index in [2.05, 4.69) is 4.98 Å². The Balaban J connectivity index is 2.29. The predicted octanol–water partition coefficient (Wildman–Crippen LogP) is 2.02. The summed E-state index contributed by atoms with van der Waals surface area (Å²) >= 11 is 0. The fraction of sp³-hybridized carbons (Fsp3) is 0.214. The van der Waals surface area contributed by atoms with Gasteiger partial charge in [0, 0.05) is 24.6 Å². The van der Waals surface area contributed by atoms with Crippen molar-refractivity contribution < 1.29 is 8.42 Å². The van der Waals surface area contributed by atoms with Crippen LogP contribution in [0.1, 0.15) is 12.5 Å². The van der Waals surface area contributed by atoms with Crippen LogP contribution >= 0.6 is 0 Å². The van der Waals surface area contributed by atoms with Gasteiger partial charge in [0.25, 0.3) is 0 Å². The van der Waals surface area contributed by atoms with Gasteiger partial charge in [-0.3, -0.25) is 9.29 Å². The maximum absolute atomic E-state index is 12.5. The SMILES string of the molecule is CCN(c1ccncc1)S(=O)(=O)Cc1cccc(N)c1. The minimum absolute atomic E-state index is 0.0752. The second-order valence-corrected chi connectivity index (χ2v) is 6.26. The minimum Gasteiger partial charge on any atom is -0.399 e. The molecule has 0 aliphatic heterocycles. The van der Waals surface area contributed by atoms with Gasteiger partial charge in [-0.1, -0.05) is 12.1 Å². The minimum atomic E-state index is -3.45. The largest absolute Gasteiger partial charge is 0.399 e. The van der Waals surface area contributed by atoms with Crippen molar-refractivity contribution in [3.05, 3.63) is 54.4 Å². The third-order valence-electron chi connectivity index (χ3n) is 2.87. The van der Waals surface area contributed by atoms with Gasteiger partial charge in [0.2, 0.25) is 10.0 Å². The van der Waals surface area contributed by atoms with E-state index in [0.29, 0.717) is 23.5 Å². The first-order valence-electron chi connectivity index (χ1n) is 6.28. The van der Waals surface area contributed by atoms with E-state index in [1.807, 2.05) is 0 Å². The van der Waals surface area contributed by atoms with Crippen molar-refractivity contribution in [1.82, 2.24) is 4.98 Å². The van der Waals surface area contributed by atoms with Crippen LogP contribution in [-0.2, 0) is 15.8 Å². The van der Waals surface area contributed by atoms with E-state index < -0.39 is 10.0 Å². The van der Waals surface area contributed by atoms with Crippen molar-refractivity contribution >= 4 is 21.4 Å². The fourth-order valence-corrected chi connectivity index (χ4v) is 3.61. The van der Waals surface area contributed by atoms with E-state index in [-0.39, 0.29) is 5.75 Å². The Morgan fingerprint density at radius 2 is 1.90 bits per heavy atom. The monoisotopic (exact) mass is 291 g/mol. The van der Waals surface area contributed by atoms with Crippen molar-refractivity contribution in [3.8, 4) is 0 Å². The van der Waals surface area contributed by atoms with Crippen LogP contribution in [0, 0.1) is 0 Å². The lowest BCUT2D eigenvalue weighted by molar-refractivity contribution is 0.591. The molecule has 1 aromatic carbocycles. The first-order valence-corrected chi connectivity index (χ1v) is 7.88. The number of pyridine rings is 1. The maximum atomic E-state index is 12.5. The number of nitrogens with zero attached hydrogens (tertiary/aromatic N) is 2. The summed E-state index contributed by atoms with van der Waals surface area (Å²) in [6.45, 7) is 2.17. The summed E-state index contributed by atoms with van der Waals surface area (Å²) in [4.78, 5) is 3.90. The second kappa shape index (κ2) is 5.92. The lowest BCUT2D eigenvalue weighted by Gasteiger charge is -2.22. The number of rotatable bonds is 5. The molecule has 6 heteroatoms. The highest BCUT2D eigenvalue weighted by atomic mass is 32.2. The first-order chi connectivity index (χ1) is 9.53. The summed E-state index contributed by atoms with van der Waals surface area (Å²) in [5, 5.41) is 0. The topological polar surface area (TPSA) is 76.3 Å². The average molecular weight is 291 g/mol. The Labute approximate surface area is 119 Å². The molecule has 20 heavy (non-hydrogen) atoms. The molecule has 1 aromatic heterocycles. The van der Waals surface area contributed by atoms with Crippen LogP contribution < -0.4 is 10.0 Å². The maximum Gasteiger partial charge on any atom is 0.239 e. The molecule has 0 bridgehead atoms. The van der Waals surface area contributed by atoms with Crippen LogP contribution in [0.5, 0.6) is 0 Å². The summed E-state index contributed by atoms with van der Waals surface area (Å²) in [6.07, 6.45) is 3.15. The van der Waals surface area contributed by atoms with Crippen molar-refractivity contribution in [1.29, 1.82) is 0 Å². The number of aromatic nitrogens is 1. The molecular formula is C14H17N3O2S. The van der Waals surface area contributed by atoms with E-state index in [1.165, 1.54) is 4.31 Å². The molecule has 2 rings (SSSR count). The van der Waals surface area contributed by atoms with E-state index in [9.17, 15) is 8.42 Å². The summed E-state index contributed by atoms with van der Waals surface area (Å²) in [7, 11) is -3.45. The zero-order chi connectivity index (χ0) is 14.6. The molecule has 0 radical (unpaired) electrons. The number of hydrogen-bond donors (Lipinski definition) is 1. The van der Waals surface area contributed by atoms with Crippen molar-refractivity contribution in [2.45, 2.75) is 12.7 Å². The number of nitrogens with two attached hydrogens (primary N) is 1. The van der Waals surface area contributed by atoms with Gasteiger partial charge in [0.15, 0.2) is 0 Å². The van der Waals surface area contributed by atoms with Gasteiger partial charge in [-0.15, -0.1) is 0 Å². The van der Waals surface area contributed by atoms with Crippen LogP contribution in [-0.4, -0.2) is 19.9 Å². The van der Waals surface area contributed by atoms with Gasteiger partial charge < -0.3 is 5.73 Å². The molecule has 0 amide bonds. The van der Waals surface area contributed by atoms with Crippen molar-refractivity contribution in [3.63, 3.8) is 0 Å². The molecule has 2 aromatic rings. The van der Waals surface area contributed by atoms with Crippen LogP contribution in [0.4, 0.5) is 11.4 Å². The number of sulfonamides is 1. The summed E-state index contributed by atoms with van der Waals surface area (Å²) in [5.41, 5.74) is 7.54. The normalized spacial score (nSPS) is 11.2. The molecule has 0 fully saturated rings. The van der Waals surface area contributed by atoms with Gasteiger partial charge in [-0.2, -0.15) is 0 Å². The zero-order valence-electron chi connectivity index (χ0n) is 11.2. The van der Waals surface area contributed by atoms with Gasteiger partial charge in [-0.05, 0) is 36.8 Å². The van der Waals surface area contributed by atoms with Gasteiger partial charge in [0.1, 0.15) is 0 Å². The Hall–Kier alpha value is -2.08. The predicted molar refractivity (Wildman–Crippen MR) is 80.7 cm³/mol. The van der Waals surface area contributed by atoms with Crippen LogP contribution in [0.3, 0.4) is 0 Å². The Kier molecular flexibility index (Phi) is 4.24. The molecule has 106 valence electrons. The lowest BCUT2D eigenvalue weighted by atomic mass is 10.2. The van der Waals surface area contributed by atoms with Gasteiger partial charge in [-0.25, -0.2) is 8.42 Å². The molecule has 5 nitrogen and oxygen atoms in total. The number of hydrogen-bond acceptors (Lipinski definition) is 4. The third-order valence-corrected chi connectivity index (χ3v) is 4.71. The third kappa shape index (κ3) is 3.27. The van der Waals surface area contributed by atoms with E-state index >= 15 is 0 Å². The van der Waals surface area contributed by atoms with E-state index in [1.54, 1.807) is 55.7 Å².